The highest BCUT2D eigenvalue weighted by atomic mass is 35.5. The van der Waals surface area contributed by atoms with E-state index in [1.54, 1.807) is 0 Å². The normalized spacial score (nSPS) is 17.4. The van der Waals surface area contributed by atoms with Crippen LogP contribution in [0.25, 0.3) is 0 Å². The first-order valence-corrected chi connectivity index (χ1v) is 6.20. The van der Waals surface area contributed by atoms with Crippen LogP contribution in [0.1, 0.15) is 24.3 Å². The van der Waals surface area contributed by atoms with Crippen molar-refractivity contribution in [3.05, 3.63) is 34.9 Å². The topological polar surface area (TPSA) is 35.2 Å². The molecule has 0 heterocycles. The van der Waals surface area contributed by atoms with Crippen LogP contribution in [0, 0.1) is 5.92 Å². The van der Waals surface area contributed by atoms with Crippen molar-refractivity contribution in [3.8, 4) is 0 Å². The fourth-order valence-corrected chi connectivity index (χ4v) is 1.92. The molecule has 2 N–H and O–H groups in total. The molecule has 88 valence electrons. The summed E-state index contributed by atoms with van der Waals surface area (Å²) in [5.74, 6) is 1.07. The Kier molecular flexibility index (Phi) is 4.22. The Hall–Kier alpha value is -0.570. The van der Waals surface area contributed by atoms with Gasteiger partial charge in [0.25, 0.3) is 0 Å². The van der Waals surface area contributed by atoms with Gasteiger partial charge in [0, 0.05) is 24.1 Å². The highest BCUT2D eigenvalue weighted by Gasteiger charge is 2.21. The number of hydrogen-bond donors (Lipinski definition) is 1. The largest absolute Gasteiger partial charge is 0.380 e. The Labute approximate surface area is 102 Å². The predicted octanol–water partition coefficient (Wildman–Crippen LogP) is 2.81. The third-order valence-corrected chi connectivity index (χ3v) is 3.21. The van der Waals surface area contributed by atoms with Crippen LogP contribution in [-0.4, -0.2) is 19.8 Å². The molecule has 1 unspecified atom stereocenters. The molecule has 1 aliphatic carbocycles. The van der Waals surface area contributed by atoms with Gasteiger partial charge < -0.3 is 10.5 Å². The lowest BCUT2D eigenvalue weighted by Gasteiger charge is -2.15. The molecule has 3 heteroatoms. The van der Waals surface area contributed by atoms with E-state index < -0.39 is 0 Å². The van der Waals surface area contributed by atoms with Crippen LogP contribution in [-0.2, 0) is 4.74 Å². The van der Waals surface area contributed by atoms with Gasteiger partial charge in [-0.1, -0.05) is 23.7 Å². The Morgan fingerprint density at radius 1 is 1.44 bits per heavy atom. The molecule has 0 spiro atoms. The zero-order valence-electron chi connectivity index (χ0n) is 9.36. The van der Waals surface area contributed by atoms with E-state index in [2.05, 4.69) is 6.07 Å². The molecule has 2 rings (SSSR count). The van der Waals surface area contributed by atoms with Crippen LogP contribution < -0.4 is 5.73 Å². The van der Waals surface area contributed by atoms with Crippen LogP contribution >= 0.6 is 11.6 Å². The number of ether oxygens (including phenoxy) is 1. The van der Waals surface area contributed by atoms with E-state index in [1.165, 1.54) is 18.4 Å². The van der Waals surface area contributed by atoms with Crippen molar-refractivity contribution in [3.63, 3.8) is 0 Å². The molecule has 1 fully saturated rings. The van der Waals surface area contributed by atoms with Gasteiger partial charge in [0.1, 0.15) is 0 Å². The molecule has 1 aromatic rings. The van der Waals surface area contributed by atoms with Gasteiger partial charge in [-0.15, -0.1) is 0 Å². The van der Waals surface area contributed by atoms with Gasteiger partial charge in [-0.05, 0) is 36.5 Å². The summed E-state index contributed by atoms with van der Waals surface area (Å²) in [5, 5.41) is 0.762. The lowest BCUT2D eigenvalue weighted by Crippen LogP contribution is -2.18. The molecule has 0 aromatic heterocycles. The second kappa shape index (κ2) is 5.67. The summed E-state index contributed by atoms with van der Waals surface area (Å²) in [5.41, 5.74) is 6.94. The molecule has 0 amide bonds. The van der Waals surface area contributed by atoms with Crippen molar-refractivity contribution < 1.29 is 4.74 Å². The molecular formula is C13H18ClNO. The number of nitrogens with two attached hydrogens (primary N) is 1. The van der Waals surface area contributed by atoms with Crippen molar-refractivity contribution >= 4 is 11.6 Å². The molecule has 1 atom stereocenters. The molecule has 1 saturated carbocycles. The van der Waals surface area contributed by atoms with Crippen LogP contribution in [0.3, 0.4) is 0 Å². The van der Waals surface area contributed by atoms with Crippen molar-refractivity contribution in [2.75, 3.05) is 19.8 Å². The molecule has 0 saturated heterocycles. The molecule has 1 aliphatic rings. The fourth-order valence-electron chi connectivity index (χ4n) is 1.72. The standard InChI is InChI=1S/C13H18ClNO/c14-13-3-1-2-11(6-13)12(7-15)9-16-8-10-4-5-10/h1-3,6,10,12H,4-5,7-9,15H2. The van der Waals surface area contributed by atoms with Gasteiger partial charge in [-0.3, -0.25) is 0 Å². The van der Waals surface area contributed by atoms with E-state index in [9.17, 15) is 0 Å². The monoisotopic (exact) mass is 239 g/mol. The van der Waals surface area contributed by atoms with E-state index in [0.29, 0.717) is 13.2 Å². The smallest absolute Gasteiger partial charge is 0.0547 e. The van der Waals surface area contributed by atoms with E-state index in [0.717, 1.165) is 17.5 Å². The zero-order valence-corrected chi connectivity index (χ0v) is 10.1. The summed E-state index contributed by atoms with van der Waals surface area (Å²) in [6, 6.07) is 7.87. The van der Waals surface area contributed by atoms with E-state index in [-0.39, 0.29) is 5.92 Å². The van der Waals surface area contributed by atoms with Crippen molar-refractivity contribution in [2.45, 2.75) is 18.8 Å². The molecule has 0 aliphatic heterocycles. The van der Waals surface area contributed by atoms with Crippen LogP contribution in [0.15, 0.2) is 24.3 Å². The minimum atomic E-state index is 0.262. The van der Waals surface area contributed by atoms with Gasteiger partial charge in [-0.2, -0.15) is 0 Å². The summed E-state index contributed by atoms with van der Waals surface area (Å²) >= 11 is 5.96. The van der Waals surface area contributed by atoms with E-state index in [4.69, 9.17) is 22.1 Å². The Morgan fingerprint density at radius 3 is 2.88 bits per heavy atom. The van der Waals surface area contributed by atoms with Crippen molar-refractivity contribution in [2.24, 2.45) is 11.7 Å². The van der Waals surface area contributed by atoms with E-state index >= 15 is 0 Å². The highest BCUT2D eigenvalue weighted by molar-refractivity contribution is 6.30. The summed E-state index contributed by atoms with van der Waals surface area (Å²) < 4.78 is 5.68. The average Bonchev–Trinajstić information content (AvgIpc) is 3.08. The van der Waals surface area contributed by atoms with Gasteiger partial charge >= 0.3 is 0 Å². The lowest BCUT2D eigenvalue weighted by molar-refractivity contribution is 0.112. The van der Waals surface area contributed by atoms with E-state index in [1.807, 2.05) is 18.2 Å². The number of rotatable bonds is 6. The first-order valence-electron chi connectivity index (χ1n) is 5.83. The number of hydrogen-bond acceptors (Lipinski definition) is 2. The third-order valence-electron chi connectivity index (χ3n) is 2.97. The molecule has 2 nitrogen and oxygen atoms in total. The maximum absolute atomic E-state index is 5.96. The second-order valence-electron chi connectivity index (χ2n) is 4.47. The summed E-state index contributed by atoms with van der Waals surface area (Å²) in [4.78, 5) is 0. The van der Waals surface area contributed by atoms with Gasteiger partial charge in [0.2, 0.25) is 0 Å². The summed E-state index contributed by atoms with van der Waals surface area (Å²) in [6.07, 6.45) is 2.65. The zero-order chi connectivity index (χ0) is 11.4. The summed E-state index contributed by atoms with van der Waals surface area (Å²) in [6.45, 7) is 2.19. The van der Waals surface area contributed by atoms with Crippen molar-refractivity contribution in [1.82, 2.24) is 0 Å². The predicted molar refractivity (Wildman–Crippen MR) is 66.8 cm³/mol. The molecular weight excluding hydrogens is 222 g/mol. The maximum atomic E-state index is 5.96. The third kappa shape index (κ3) is 3.48. The fraction of sp³-hybridized carbons (Fsp3) is 0.538. The lowest BCUT2D eigenvalue weighted by atomic mass is 10.0. The van der Waals surface area contributed by atoms with Crippen LogP contribution in [0.2, 0.25) is 5.02 Å². The Bertz CT molecular complexity index is 338. The first-order chi connectivity index (χ1) is 7.79. The average molecular weight is 240 g/mol. The highest BCUT2D eigenvalue weighted by Crippen LogP contribution is 2.29. The molecule has 16 heavy (non-hydrogen) atoms. The Morgan fingerprint density at radius 2 is 2.25 bits per heavy atom. The first kappa shape index (κ1) is 11.9. The molecule has 1 aromatic carbocycles. The quantitative estimate of drug-likeness (QED) is 0.829. The van der Waals surface area contributed by atoms with Crippen LogP contribution in [0.5, 0.6) is 0 Å². The number of benzene rings is 1. The summed E-state index contributed by atoms with van der Waals surface area (Å²) in [7, 11) is 0. The Balaban J connectivity index is 1.87. The second-order valence-corrected chi connectivity index (χ2v) is 4.90. The van der Waals surface area contributed by atoms with Gasteiger partial charge in [0.15, 0.2) is 0 Å². The SMILES string of the molecule is NCC(COCC1CC1)c1cccc(Cl)c1. The van der Waals surface area contributed by atoms with Crippen molar-refractivity contribution in [1.29, 1.82) is 0 Å². The van der Waals surface area contributed by atoms with Gasteiger partial charge in [0.05, 0.1) is 6.61 Å². The number of halogens is 1. The van der Waals surface area contributed by atoms with Gasteiger partial charge in [-0.25, -0.2) is 0 Å². The molecule has 0 bridgehead atoms. The maximum Gasteiger partial charge on any atom is 0.0547 e. The minimum Gasteiger partial charge on any atom is -0.380 e. The minimum absolute atomic E-state index is 0.262. The molecule has 0 radical (unpaired) electrons. The van der Waals surface area contributed by atoms with Crippen LogP contribution in [0.4, 0.5) is 0 Å².